The zero-order valence-electron chi connectivity index (χ0n) is 19.7. The molecule has 0 atom stereocenters. The van der Waals surface area contributed by atoms with Crippen molar-refractivity contribution in [3.05, 3.63) is 54.2 Å². The maximum atomic E-state index is 13.6. The fourth-order valence-corrected chi connectivity index (χ4v) is 6.67. The van der Waals surface area contributed by atoms with Gasteiger partial charge in [0.05, 0.1) is 16.1 Å². The number of piperidine rings is 2. The minimum absolute atomic E-state index is 0.193. The van der Waals surface area contributed by atoms with Crippen molar-refractivity contribution in [1.29, 1.82) is 0 Å². The van der Waals surface area contributed by atoms with E-state index in [1.807, 2.05) is 48.1 Å². The van der Waals surface area contributed by atoms with E-state index in [9.17, 15) is 13.2 Å². The third-order valence-electron chi connectivity index (χ3n) is 7.04. The van der Waals surface area contributed by atoms with Crippen molar-refractivity contribution in [3.63, 3.8) is 0 Å². The Labute approximate surface area is 201 Å². The number of benzene rings is 2. The average molecular weight is 481 g/mol. The van der Waals surface area contributed by atoms with E-state index < -0.39 is 10.0 Å². The van der Waals surface area contributed by atoms with Gasteiger partial charge in [-0.15, -0.1) is 0 Å². The van der Waals surface area contributed by atoms with Gasteiger partial charge in [-0.2, -0.15) is 4.31 Å². The van der Waals surface area contributed by atoms with Gasteiger partial charge in [-0.3, -0.25) is 4.79 Å². The van der Waals surface area contributed by atoms with Crippen LogP contribution in [0.1, 0.15) is 48.9 Å². The van der Waals surface area contributed by atoms with Gasteiger partial charge in [0.25, 0.3) is 5.91 Å². The number of hydrogen-bond donors (Lipinski definition) is 1. The van der Waals surface area contributed by atoms with Crippen LogP contribution in [0.15, 0.2) is 53.6 Å². The maximum Gasteiger partial charge on any atom is 0.257 e. The second-order valence-corrected chi connectivity index (χ2v) is 11.2. The lowest BCUT2D eigenvalue weighted by Gasteiger charge is -2.31. The predicted octanol–water partition coefficient (Wildman–Crippen LogP) is 4.60. The van der Waals surface area contributed by atoms with Crippen LogP contribution in [0.4, 0.5) is 11.4 Å². The molecule has 8 heteroatoms. The predicted molar refractivity (Wildman–Crippen MR) is 136 cm³/mol. The summed E-state index contributed by atoms with van der Waals surface area (Å²) in [7, 11) is -1.67. The fourth-order valence-electron chi connectivity index (χ4n) is 5.12. The van der Waals surface area contributed by atoms with E-state index in [0.29, 0.717) is 18.7 Å². The van der Waals surface area contributed by atoms with Gasteiger partial charge in [-0.1, -0.05) is 12.5 Å². The molecular formula is C26H32N4O3S. The molecule has 2 aliphatic rings. The van der Waals surface area contributed by atoms with E-state index >= 15 is 0 Å². The molecule has 0 aliphatic carbocycles. The van der Waals surface area contributed by atoms with Crippen molar-refractivity contribution in [2.75, 3.05) is 36.4 Å². The van der Waals surface area contributed by atoms with Crippen LogP contribution in [0.2, 0.25) is 0 Å². The maximum absolute atomic E-state index is 13.6. The molecule has 7 nitrogen and oxygen atoms in total. The Morgan fingerprint density at radius 1 is 0.882 bits per heavy atom. The first-order valence-electron chi connectivity index (χ1n) is 12.2. The molecule has 2 aromatic carbocycles. The summed E-state index contributed by atoms with van der Waals surface area (Å²) in [4.78, 5) is 16.0. The number of aryl methyl sites for hydroxylation is 1. The largest absolute Gasteiger partial charge is 0.371 e. The second-order valence-electron chi connectivity index (χ2n) is 9.31. The summed E-state index contributed by atoms with van der Waals surface area (Å²) in [6, 6.07) is 12.9. The Balaban J connectivity index is 1.53. The summed E-state index contributed by atoms with van der Waals surface area (Å²) in [5.74, 6) is -0.285. The first-order chi connectivity index (χ1) is 16.4. The topological polar surface area (TPSA) is 74.6 Å². The van der Waals surface area contributed by atoms with E-state index in [-0.39, 0.29) is 10.8 Å². The molecule has 1 aromatic heterocycles. The van der Waals surface area contributed by atoms with Gasteiger partial charge in [-0.25, -0.2) is 8.42 Å². The SMILES string of the molecule is Cn1ccc2c(NC(=O)c3cc(S(=O)(=O)N4CCCCC4)ccc3N3CCCCC3)cccc21. The molecule has 5 rings (SSSR count). The van der Waals surface area contributed by atoms with Crippen molar-refractivity contribution in [2.24, 2.45) is 7.05 Å². The summed E-state index contributed by atoms with van der Waals surface area (Å²) in [5, 5.41) is 4.02. The Morgan fingerprint density at radius 2 is 1.59 bits per heavy atom. The molecule has 1 N–H and O–H groups in total. The standard InChI is InChI=1S/C26H32N4O3S/c1-28-18-13-21-23(9-8-10-24(21)28)27-26(31)22-19-20(34(32,33)30-16-6-3-7-17-30)11-12-25(22)29-14-4-2-5-15-29/h8-13,18-19H,2-7,14-17H2,1H3,(H,27,31). The first kappa shape index (κ1) is 22.9. The number of carbonyl (C=O) groups excluding carboxylic acids is 1. The molecule has 3 heterocycles. The molecule has 1 amide bonds. The molecule has 0 unspecified atom stereocenters. The van der Waals surface area contributed by atoms with Crippen LogP contribution in [-0.2, 0) is 17.1 Å². The number of fused-ring (bicyclic) bond motifs is 1. The highest BCUT2D eigenvalue weighted by Crippen LogP contribution is 2.31. The quantitative estimate of drug-likeness (QED) is 0.579. The Bertz CT molecular complexity index is 1300. The molecule has 0 radical (unpaired) electrons. The zero-order valence-corrected chi connectivity index (χ0v) is 20.5. The number of carbonyl (C=O) groups is 1. The summed E-state index contributed by atoms with van der Waals surface area (Å²) in [6.07, 6.45) is 8.08. The molecular weight excluding hydrogens is 448 g/mol. The van der Waals surface area contributed by atoms with E-state index in [4.69, 9.17) is 0 Å². The van der Waals surface area contributed by atoms with Crippen LogP contribution in [-0.4, -0.2) is 49.4 Å². The van der Waals surface area contributed by atoms with Gasteiger partial charge in [-0.05, 0) is 68.5 Å². The van der Waals surface area contributed by atoms with Gasteiger partial charge in [0.2, 0.25) is 10.0 Å². The van der Waals surface area contributed by atoms with E-state index in [1.54, 1.807) is 16.4 Å². The molecule has 180 valence electrons. The molecule has 2 saturated heterocycles. The fraction of sp³-hybridized carbons (Fsp3) is 0.423. The number of aromatic nitrogens is 1. The number of nitrogens with one attached hydrogen (secondary N) is 1. The van der Waals surface area contributed by atoms with E-state index in [0.717, 1.165) is 67.5 Å². The van der Waals surface area contributed by atoms with Gasteiger partial charge in [0.1, 0.15) is 0 Å². The minimum Gasteiger partial charge on any atom is -0.371 e. The molecule has 3 aromatic rings. The third-order valence-corrected chi connectivity index (χ3v) is 8.93. The molecule has 0 bridgehead atoms. The Kier molecular flexibility index (Phi) is 6.36. The second kappa shape index (κ2) is 9.43. The van der Waals surface area contributed by atoms with Crippen LogP contribution >= 0.6 is 0 Å². The van der Waals surface area contributed by atoms with Crippen molar-refractivity contribution in [1.82, 2.24) is 8.87 Å². The lowest BCUT2D eigenvalue weighted by Crippen LogP contribution is -2.36. The zero-order chi connectivity index (χ0) is 23.7. The third kappa shape index (κ3) is 4.32. The van der Waals surface area contributed by atoms with E-state index in [2.05, 4.69) is 10.2 Å². The van der Waals surface area contributed by atoms with Gasteiger partial charge in [0.15, 0.2) is 0 Å². The van der Waals surface area contributed by atoms with Crippen LogP contribution in [0.3, 0.4) is 0 Å². The van der Waals surface area contributed by atoms with Gasteiger partial charge >= 0.3 is 0 Å². The van der Waals surface area contributed by atoms with E-state index in [1.165, 1.54) is 6.42 Å². The van der Waals surface area contributed by atoms with Crippen LogP contribution in [0.25, 0.3) is 10.9 Å². The molecule has 2 fully saturated rings. The normalized spacial score (nSPS) is 17.7. The lowest BCUT2D eigenvalue weighted by atomic mass is 10.1. The van der Waals surface area contributed by atoms with Gasteiger partial charge < -0.3 is 14.8 Å². The number of rotatable bonds is 5. The monoisotopic (exact) mass is 480 g/mol. The number of sulfonamides is 1. The summed E-state index contributed by atoms with van der Waals surface area (Å²) in [5.41, 5.74) is 2.95. The van der Waals surface area contributed by atoms with Crippen molar-refractivity contribution < 1.29 is 13.2 Å². The molecule has 2 aliphatic heterocycles. The van der Waals surface area contributed by atoms with Crippen molar-refractivity contribution >= 4 is 38.2 Å². The highest BCUT2D eigenvalue weighted by Gasteiger charge is 2.28. The molecule has 0 saturated carbocycles. The number of nitrogens with zero attached hydrogens (tertiary/aromatic N) is 3. The lowest BCUT2D eigenvalue weighted by molar-refractivity contribution is 0.102. The number of hydrogen-bond acceptors (Lipinski definition) is 4. The van der Waals surface area contributed by atoms with Crippen LogP contribution in [0, 0.1) is 0 Å². The molecule has 34 heavy (non-hydrogen) atoms. The highest BCUT2D eigenvalue weighted by molar-refractivity contribution is 7.89. The Hall–Kier alpha value is -2.84. The number of amides is 1. The van der Waals surface area contributed by atoms with Crippen molar-refractivity contribution in [2.45, 2.75) is 43.4 Å². The summed E-state index contributed by atoms with van der Waals surface area (Å²) in [6.45, 7) is 2.81. The van der Waals surface area contributed by atoms with Crippen molar-refractivity contribution in [3.8, 4) is 0 Å². The smallest absolute Gasteiger partial charge is 0.257 e. The van der Waals surface area contributed by atoms with Crippen LogP contribution in [0.5, 0.6) is 0 Å². The van der Waals surface area contributed by atoms with Gasteiger partial charge in [0, 0.05) is 56.0 Å². The minimum atomic E-state index is -3.64. The molecule has 0 spiro atoms. The average Bonchev–Trinajstić information content (AvgIpc) is 3.26. The number of anilines is 2. The highest BCUT2D eigenvalue weighted by atomic mass is 32.2. The first-order valence-corrected chi connectivity index (χ1v) is 13.6. The Morgan fingerprint density at radius 3 is 2.32 bits per heavy atom. The summed E-state index contributed by atoms with van der Waals surface area (Å²) < 4.78 is 30.3. The van der Waals surface area contributed by atoms with Crippen LogP contribution < -0.4 is 10.2 Å². The summed E-state index contributed by atoms with van der Waals surface area (Å²) >= 11 is 0.